The first kappa shape index (κ1) is 37.1. The van der Waals surface area contributed by atoms with Crippen LogP contribution in [0.15, 0.2) is 61.2 Å². The molecule has 1 aromatic carbocycles. The van der Waals surface area contributed by atoms with Crippen molar-refractivity contribution in [1.82, 2.24) is 0 Å². The molecule has 3 fully saturated rings. The lowest BCUT2D eigenvalue weighted by atomic mass is 9.73. The molecule has 0 saturated heterocycles. The minimum atomic E-state index is -1.30. The first-order chi connectivity index (χ1) is 19.3. The van der Waals surface area contributed by atoms with Crippen LogP contribution in [-0.4, -0.2) is 11.5 Å². The fourth-order valence-electron chi connectivity index (χ4n) is 5.03. The highest BCUT2D eigenvalue weighted by molar-refractivity contribution is 5.96. The molecule has 0 bridgehead atoms. The van der Waals surface area contributed by atoms with Gasteiger partial charge in [-0.05, 0) is 81.1 Å². The summed E-state index contributed by atoms with van der Waals surface area (Å²) in [6.07, 6.45) is 22.9. The van der Waals surface area contributed by atoms with Gasteiger partial charge in [0.1, 0.15) is 5.67 Å². The zero-order valence-corrected chi connectivity index (χ0v) is 28.1. The summed E-state index contributed by atoms with van der Waals surface area (Å²) in [4.78, 5) is 11.7. The zero-order valence-electron chi connectivity index (χ0n) is 28.1. The number of hydrogen-bond donors (Lipinski definition) is 0. The van der Waals surface area contributed by atoms with Gasteiger partial charge in [0.2, 0.25) is 0 Å². The molecule has 4 rings (SSSR count). The van der Waals surface area contributed by atoms with E-state index >= 15 is 0 Å². The van der Waals surface area contributed by atoms with Gasteiger partial charge in [0, 0.05) is 17.4 Å². The van der Waals surface area contributed by atoms with Gasteiger partial charge in [0.25, 0.3) is 0 Å². The molecule has 0 heterocycles. The van der Waals surface area contributed by atoms with Gasteiger partial charge in [-0.2, -0.15) is 0 Å². The summed E-state index contributed by atoms with van der Waals surface area (Å²) in [6, 6.07) is 7.34. The average Bonchev–Trinajstić information content (AvgIpc) is 3.87. The van der Waals surface area contributed by atoms with Crippen molar-refractivity contribution in [2.45, 2.75) is 138 Å². The van der Waals surface area contributed by atoms with Crippen molar-refractivity contribution in [2.75, 3.05) is 0 Å². The number of benzene rings is 1. The Morgan fingerprint density at radius 1 is 0.878 bits per heavy atom. The van der Waals surface area contributed by atoms with Crippen LogP contribution in [0.25, 0.3) is 0 Å². The van der Waals surface area contributed by atoms with E-state index in [0.29, 0.717) is 12.0 Å². The van der Waals surface area contributed by atoms with Gasteiger partial charge in [0.05, 0.1) is 0 Å². The van der Waals surface area contributed by atoms with Crippen molar-refractivity contribution in [3.63, 3.8) is 0 Å². The summed E-state index contributed by atoms with van der Waals surface area (Å²) < 4.78 is 14.2. The third kappa shape index (κ3) is 14.7. The highest BCUT2D eigenvalue weighted by atomic mass is 19.1. The second-order valence-electron chi connectivity index (χ2n) is 13.9. The van der Waals surface area contributed by atoms with E-state index in [9.17, 15) is 9.18 Å². The number of alkyl halides is 1. The van der Waals surface area contributed by atoms with Crippen LogP contribution in [0.1, 0.15) is 142 Å². The third-order valence-corrected chi connectivity index (χ3v) is 9.33. The molecule has 0 aromatic heterocycles. The number of rotatable bonds is 9. The number of carbonyl (C=O) groups is 1. The van der Waals surface area contributed by atoms with Crippen LogP contribution in [0.4, 0.5) is 4.39 Å². The highest BCUT2D eigenvalue weighted by Gasteiger charge is 2.40. The summed E-state index contributed by atoms with van der Waals surface area (Å²) in [6.45, 7) is 21.7. The van der Waals surface area contributed by atoms with Crippen LogP contribution in [0.3, 0.4) is 0 Å². The van der Waals surface area contributed by atoms with E-state index in [4.69, 9.17) is 0 Å². The van der Waals surface area contributed by atoms with E-state index in [-0.39, 0.29) is 5.78 Å². The summed E-state index contributed by atoms with van der Waals surface area (Å²) in [5.74, 6) is 5.61. The minimum Gasteiger partial charge on any atom is -0.294 e. The molecule has 2 unspecified atom stereocenters. The Morgan fingerprint density at radius 2 is 1.39 bits per heavy atom. The second-order valence-corrected chi connectivity index (χ2v) is 13.9. The molecule has 2 atom stereocenters. The first-order valence-corrected chi connectivity index (χ1v) is 16.5. The Bertz CT molecular complexity index is 917. The maximum absolute atomic E-state index is 14.2. The van der Waals surface area contributed by atoms with Crippen molar-refractivity contribution in [3.05, 3.63) is 72.4 Å². The van der Waals surface area contributed by atoms with Crippen LogP contribution >= 0.6 is 0 Å². The molecule has 0 aliphatic heterocycles. The first-order valence-electron chi connectivity index (χ1n) is 16.5. The minimum absolute atomic E-state index is 0.154. The molecule has 0 N–H and O–H groups in total. The number of carbonyl (C=O) groups excluding carboxylic acids is 1. The van der Waals surface area contributed by atoms with Crippen molar-refractivity contribution in [1.29, 1.82) is 0 Å². The lowest BCUT2D eigenvalue weighted by molar-refractivity contribution is 0.0981. The SMILES string of the molecule is C=C/C=C\C=C/CC.CC1CC1.CC1CCC(C2CC2C)CC1.CCCC(=O)c1ccc(C(C)(C)C(C)(C)F)cc1. The average molecular weight is 567 g/mol. The molecule has 0 spiro atoms. The highest BCUT2D eigenvalue weighted by Crippen LogP contribution is 2.49. The third-order valence-electron chi connectivity index (χ3n) is 9.33. The lowest BCUT2D eigenvalue weighted by Gasteiger charge is -2.35. The standard InChI is InChI=1S/C16H23FO.C11H20.C8H12.C4H8/c1-6-7-14(18)12-8-10-13(11-9-12)15(2,3)16(4,5)17;1-8-3-5-10(6-4-8)11-7-9(11)2;1-3-5-7-8-6-4-2;1-4-2-3-4/h8-11H,6-7H2,1-5H3;8-11H,3-7H2,1-2H3;3,5-8H,1,4H2,2H3;4H,2-3H2,1H3/b;;7-5-,8-6-;. The molecule has 0 amide bonds. The van der Waals surface area contributed by atoms with E-state index in [2.05, 4.69) is 40.3 Å². The maximum Gasteiger partial charge on any atom is 0.162 e. The predicted octanol–water partition coefficient (Wildman–Crippen LogP) is 12.3. The van der Waals surface area contributed by atoms with Gasteiger partial charge < -0.3 is 0 Å². The largest absolute Gasteiger partial charge is 0.294 e. The molecule has 1 nitrogen and oxygen atoms in total. The molecule has 232 valence electrons. The summed E-state index contributed by atoms with van der Waals surface area (Å²) in [5.41, 5.74) is -0.238. The van der Waals surface area contributed by atoms with Crippen LogP contribution in [0.5, 0.6) is 0 Å². The van der Waals surface area contributed by atoms with E-state index in [0.717, 1.165) is 48.0 Å². The van der Waals surface area contributed by atoms with Crippen molar-refractivity contribution >= 4 is 5.78 Å². The van der Waals surface area contributed by atoms with Crippen LogP contribution in [-0.2, 0) is 5.41 Å². The maximum atomic E-state index is 14.2. The van der Waals surface area contributed by atoms with E-state index in [1.807, 2.05) is 51.1 Å². The number of Topliss-reactive ketones (excluding diaryl/α,β-unsaturated/α-hetero) is 1. The van der Waals surface area contributed by atoms with Crippen LogP contribution in [0.2, 0.25) is 0 Å². The van der Waals surface area contributed by atoms with E-state index in [1.54, 1.807) is 38.5 Å². The fraction of sp³-hybridized carbons (Fsp3) is 0.667. The van der Waals surface area contributed by atoms with Gasteiger partial charge in [-0.25, -0.2) is 4.39 Å². The summed E-state index contributed by atoms with van der Waals surface area (Å²) in [7, 11) is 0. The molecule has 3 aliphatic rings. The van der Waals surface area contributed by atoms with Gasteiger partial charge in [-0.15, -0.1) is 0 Å². The topological polar surface area (TPSA) is 17.1 Å². The Balaban J connectivity index is 0.000000308. The van der Waals surface area contributed by atoms with Crippen LogP contribution in [0, 0.1) is 29.6 Å². The quantitative estimate of drug-likeness (QED) is 0.215. The molecule has 3 saturated carbocycles. The van der Waals surface area contributed by atoms with Gasteiger partial charge >= 0.3 is 0 Å². The summed E-state index contributed by atoms with van der Waals surface area (Å²) in [5, 5.41) is 0. The smallest absolute Gasteiger partial charge is 0.162 e. The number of halogens is 1. The van der Waals surface area contributed by atoms with Crippen LogP contribution < -0.4 is 0 Å². The second kappa shape index (κ2) is 18.6. The Labute approximate surface area is 254 Å². The number of hydrogen-bond acceptors (Lipinski definition) is 1. The number of allylic oxidation sites excluding steroid dienone is 5. The molecular formula is C39H63FO. The van der Waals surface area contributed by atoms with Gasteiger partial charge in [0.15, 0.2) is 5.78 Å². The lowest BCUT2D eigenvalue weighted by Crippen LogP contribution is -2.38. The van der Waals surface area contributed by atoms with Crippen molar-refractivity contribution in [2.24, 2.45) is 29.6 Å². The molecule has 41 heavy (non-hydrogen) atoms. The monoisotopic (exact) mass is 566 g/mol. The zero-order chi connectivity index (χ0) is 31.1. The molecule has 0 radical (unpaired) electrons. The number of ketones is 1. The predicted molar refractivity (Wildman–Crippen MR) is 179 cm³/mol. The molecule has 3 aliphatic carbocycles. The fourth-order valence-corrected chi connectivity index (χ4v) is 5.03. The van der Waals surface area contributed by atoms with Crippen molar-refractivity contribution in [3.8, 4) is 0 Å². The molecule has 1 aromatic rings. The van der Waals surface area contributed by atoms with E-state index in [1.165, 1.54) is 38.5 Å². The van der Waals surface area contributed by atoms with Gasteiger partial charge in [-0.3, -0.25) is 4.79 Å². The Hall–Kier alpha value is -1.96. The Morgan fingerprint density at radius 3 is 1.78 bits per heavy atom. The van der Waals surface area contributed by atoms with Gasteiger partial charge in [-0.1, -0.05) is 135 Å². The van der Waals surface area contributed by atoms with Crippen molar-refractivity contribution < 1.29 is 9.18 Å². The molecular weight excluding hydrogens is 503 g/mol. The molecule has 2 heteroatoms. The summed E-state index contributed by atoms with van der Waals surface area (Å²) >= 11 is 0. The normalized spacial score (nSPS) is 23.9. The Kier molecular flexibility index (Phi) is 16.8. The van der Waals surface area contributed by atoms with E-state index < -0.39 is 11.1 Å².